The van der Waals surface area contributed by atoms with E-state index in [1.54, 1.807) is 16.2 Å². The van der Waals surface area contributed by atoms with Crippen molar-refractivity contribution >= 4 is 34.8 Å². The number of aryl methyl sites for hydroxylation is 2. The minimum atomic E-state index is -0.210. The molecule has 2 atom stereocenters. The second-order valence-corrected chi connectivity index (χ2v) is 11.3. The first-order chi connectivity index (χ1) is 17.8. The van der Waals surface area contributed by atoms with Gasteiger partial charge in [-0.1, -0.05) is 49.6 Å². The number of rotatable bonds is 9. The van der Waals surface area contributed by atoms with Gasteiger partial charge in [-0.15, -0.1) is 11.3 Å². The molecule has 0 unspecified atom stereocenters. The second kappa shape index (κ2) is 12.1. The van der Waals surface area contributed by atoms with Crippen LogP contribution in [0, 0.1) is 19.8 Å². The van der Waals surface area contributed by atoms with Crippen LogP contribution in [0.2, 0.25) is 5.02 Å². The number of ether oxygens (including phenoxy) is 1. The van der Waals surface area contributed by atoms with E-state index >= 15 is 0 Å². The third-order valence-electron chi connectivity index (χ3n) is 7.09. The van der Waals surface area contributed by atoms with Gasteiger partial charge in [-0.25, -0.2) is 0 Å². The second-order valence-electron chi connectivity index (χ2n) is 9.94. The van der Waals surface area contributed by atoms with Crippen LogP contribution in [0.4, 0.5) is 0 Å². The lowest BCUT2D eigenvalue weighted by molar-refractivity contribution is -0.135. The van der Waals surface area contributed by atoms with Crippen molar-refractivity contribution in [2.45, 2.75) is 46.6 Å². The van der Waals surface area contributed by atoms with Crippen LogP contribution >= 0.6 is 22.9 Å². The Hall–Kier alpha value is -2.83. The fraction of sp³-hybridized carbons (Fsp3) is 0.400. The number of halogens is 1. The lowest BCUT2D eigenvalue weighted by Crippen LogP contribution is -2.48. The van der Waals surface area contributed by atoms with E-state index in [9.17, 15) is 9.59 Å². The van der Waals surface area contributed by atoms with E-state index in [4.69, 9.17) is 16.3 Å². The summed E-state index contributed by atoms with van der Waals surface area (Å²) in [4.78, 5) is 32.1. The maximum absolute atomic E-state index is 13.8. The zero-order chi connectivity index (χ0) is 26.5. The summed E-state index contributed by atoms with van der Waals surface area (Å²) < 4.78 is 6.17. The summed E-state index contributed by atoms with van der Waals surface area (Å²) in [5.74, 6) is 0.858. The first kappa shape index (κ1) is 27.2. The quantitative estimate of drug-likeness (QED) is 0.304. The molecule has 0 fully saturated rings. The molecule has 0 saturated heterocycles. The van der Waals surface area contributed by atoms with Crippen molar-refractivity contribution < 1.29 is 14.3 Å². The molecule has 0 radical (unpaired) electrons. The molecule has 2 aromatic carbocycles. The molecule has 196 valence electrons. The van der Waals surface area contributed by atoms with Gasteiger partial charge in [0.25, 0.3) is 5.91 Å². The molecule has 4 rings (SSSR count). The van der Waals surface area contributed by atoms with Gasteiger partial charge in [-0.05, 0) is 79.1 Å². The number of nitrogens with zero attached hydrogens (tertiary/aromatic N) is 2. The van der Waals surface area contributed by atoms with Gasteiger partial charge in [-0.3, -0.25) is 9.59 Å². The van der Waals surface area contributed by atoms with Gasteiger partial charge in [0, 0.05) is 28.6 Å². The van der Waals surface area contributed by atoms with Crippen LogP contribution in [0.1, 0.15) is 58.2 Å². The van der Waals surface area contributed by atoms with Crippen LogP contribution in [0.25, 0.3) is 0 Å². The number of carbonyl (C=O) groups excluding carboxylic acids is 2. The molecule has 0 saturated carbocycles. The van der Waals surface area contributed by atoms with Crippen molar-refractivity contribution in [1.82, 2.24) is 9.80 Å². The third-order valence-corrected chi connectivity index (χ3v) is 8.51. The van der Waals surface area contributed by atoms with Crippen molar-refractivity contribution in [2.24, 2.45) is 5.92 Å². The third kappa shape index (κ3) is 6.55. The van der Waals surface area contributed by atoms with Crippen molar-refractivity contribution in [1.29, 1.82) is 0 Å². The Morgan fingerprint density at radius 1 is 1.16 bits per heavy atom. The van der Waals surface area contributed by atoms with E-state index in [0.717, 1.165) is 35.3 Å². The van der Waals surface area contributed by atoms with E-state index in [1.165, 1.54) is 4.88 Å². The molecule has 3 aromatic rings. The van der Waals surface area contributed by atoms with Crippen molar-refractivity contribution in [3.05, 3.63) is 86.1 Å². The summed E-state index contributed by atoms with van der Waals surface area (Å²) >= 11 is 7.90. The van der Waals surface area contributed by atoms with Gasteiger partial charge in [0.15, 0.2) is 0 Å². The van der Waals surface area contributed by atoms with Crippen LogP contribution in [-0.4, -0.2) is 47.9 Å². The highest BCUT2D eigenvalue weighted by atomic mass is 35.5. The topological polar surface area (TPSA) is 49.9 Å². The summed E-state index contributed by atoms with van der Waals surface area (Å²) in [6, 6.07) is 15.0. The Morgan fingerprint density at radius 3 is 2.62 bits per heavy atom. The average Bonchev–Trinajstić information content (AvgIpc) is 3.38. The Morgan fingerprint density at radius 2 is 1.92 bits per heavy atom. The summed E-state index contributed by atoms with van der Waals surface area (Å²) in [6.45, 7) is 9.70. The molecule has 5 nitrogen and oxygen atoms in total. The lowest BCUT2D eigenvalue weighted by atomic mass is 10.00. The molecule has 0 bridgehead atoms. The van der Waals surface area contributed by atoms with Crippen LogP contribution in [-0.2, 0) is 11.2 Å². The first-order valence-electron chi connectivity index (χ1n) is 12.9. The summed E-state index contributed by atoms with van der Waals surface area (Å²) in [7, 11) is 0. The van der Waals surface area contributed by atoms with Gasteiger partial charge in [0.05, 0.1) is 6.04 Å². The molecular formula is C30H35ClN2O3S. The van der Waals surface area contributed by atoms with Crippen molar-refractivity contribution in [3.8, 4) is 5.75 Å². The largest absolute Gasteiger partial charge is 0.491 e. The zero-order valence-electron chi connectivity index (χ0n) is 22.0. The highest BCUT2D eigenvalue weighted by Gasteiger charge is 2.34. The smallest absolute Gasteiger partial charge is 0.254 e. The number of fused-ring (bicyclic) bond motifs is 1. The van der Waals surface area contributed by atoms with E-state index in [-0.39, 0.29) is 24.4 Å². The molecular weight excluding hydrogens is 504 g/mol. The maximum Gasteiger partial charge on any atom is 0.254 e. The van der Waals surface area contributed by atoms with Gasteiger partial charge in [0.2, 0.25) is 5.91 Å². The first-order valence-corrected chi connectivity index (χ1v) is 14.1. The molecule has 37 heavy (non-hydrogen) atoms. The number of amides is 2. The van der Waals surface area contributed by atoms with Gasteiger partial charge in [-0.2, -0.15) is 0 Å². The van der Waals surface area contributed by atoms with Gasteiger partial charge < -0.3 is 14.5 Å². The summed E-state index contributed by atoms with van der Waals surface area (Å²) in [6.07, 6.45) is 1.75. The highest BCUT2D eigenvalue weighted by molar-refractivity contribution is 7.10. The van der Waals surface area contributed by atoms with Crippen LogP contribution in [0.5, 0.6) is 5.75 Å². The standard InChI is InChI=1S/C30H35ClN2O3S/c1-5-20(2)17-32(30(35)23-8-6-21(3)7-9-23)18-29(34)33-14-12-28-25(13-15-37-28)27(33)19-36-24-10-11-26(31)22(4)16-24/h6-11,13,15-16,20,27H,5,12,14,17-19H2,1-4H3/t20-,27-/m0/s1. The van der Waals surface area contributed by atoms with Crippen LogP contribution in [0.3, 0.4) is 0 Å². The zero-order valence-corrected chi connectivity index (χ0v) is 23.6. The van der Waals surface area contributed by atoms with Gasteiger partial charge in [0.1, 0.15) is 18.9 Å². The molecule has 2 amide bonds. The molecule has 1 aromatic heterocycles. The Kier molecular flexibility index (Phi) is 8.93. The molecule has 1 aliphatic rings. The molecule has 0 N–H and O–H groups in total. The number of benzene rings is 2. The monoisotopic (exact) mass is 538 g/mol. The Balaban J connectivity index is 1.54. The fourth-order valence-electron chi connectivity index (χ4n) is 4.61. The van der Waals surface area contributed by atoms with Crippen LogP contribution < -0.4 is 4.74 Å². The number of carbonyl (C=O) groups is 2. The van der Waals surface area contributed by atoms with E-state index in [0.29, 0.717) is 36.2 Å². The van der Waals surface area contributed by atoms with Gasteiger partial charge >= 0.3 is 0 Å². The number of hydrogen-bond donors (Lipinski definition) is 0. The Bertz CT molecular complexity index is 1240. The molecule has 0 spiro atoms. The minimum Gasteiger partial charge on any atom is -0.491 e. The maximum atomic E-state index is 13.8. The van der Waals surface area contributed by atoms with E-state index < -0.39 is 0 Å². The van der Waals surface area contributed by atoms with E-state index in [1.807, 2.05) is 61.2 Å². The van der Waals surface area contributed by atoms with Crippen molar-refractivity contribution in [3.63, 3.8) is 0 Å². The predicted molar refractivity (Wildman–Crippen MR) is 151 cm³/mol. The highest BCUT2D eigenvalue weighted by Crippen LogP contribution is 2.34. The fourth-order valence-corrected chi connectivity index (χ4v) is 5.66. The SMILES string of the molecule is CC[C@H](C)CN(CC(=O)N1CCc2sccc2[C@@H]1COc1ccc(Cl)c(C)c1)C(=O)c1ccc(C)cc1. The summed E-state index contributed by atoms with van der Waals surface area (Å²) in [5, 5.41) is 2.77. The summed E-state index contributed by atoms with van der Waals surface area (Å²) in [5.41, 5.74) is 3.79. The predicted octanol–water partition coefficient (Wildman–Crippen LogP) is 6.71. The normalized spacial score (nSPS) is 15.7. The lowest BCUT2D eigenvalue weighted by Gasteiger charge is -2.37. The number of hydrogen-bond acceptors (Lipinski definition) is 4. The minimum absolute atomic E-state index is 0.0487. The average molecular weight is 539 g/mol. The van der Waals surface area contributed by atoms with Crippen LogP contribution in [0.15, 0.2) is 53.9 Å². The van der Waals surface area contributed by atoms with E-state index in [2.05, 4.69) is 25.3 Å². The van der Waals surface area contributed by atoms with Crippen molar-refractivity contribution in [2.75, 3.05) is 26.2 Å². The molecule has 1 aliphatic heterocycles. The Labute approximate surface area is 229 Å². The molecule has 7 heteroatoms. The molecule has 0 aliphatic carbocycles. The number of thiophene rings is 1. The molecule has 2 heterocycles.